The summed E-state index contributed by atoms with van der Waals surface area (Å²) in [5.74, 6) is 1.03. The van der Waals surface area contributed by atoms with E-state index in [2.05, 4.69) is 15.0 Å². The Balaban J connectivity index is 1.39. The summed E-state index contributed by atoms with van der Waals surface area (Å²) in [5, 5.41) is 13.0. The Morgan fingerprint density at radius 1 is 1.06 bits per heavy atom. The second-order valence-electron chi connectivity index (χ2n) is 7.48. The first-order valence-electron chi connectivity index (χ1n) is 9.82. The molecular weight excluding hydrogens is 407 g/mol. The Labute approximate surface area is 177 Å². The molecule has 0 aliphatic carbocycles. The molecule has 0 amide bonds. The average molecular weight is 427 g/mol. The van der Waals surface area contributed by atoms with Crippen molar-refractivity contribution in [3.05, 3.63) is 65.0 Å². The normalized spacial score (nSPS) is 15.1. The third kappa shape index (κ3) is 4.70. The summed E-state index contributed by atoms with van der Waals surface area (Å²) in [5.41, 5.74) is 1.23. The zero-order valence-electron chi connectivity index (χ0n) is 16.9. The summed E-state index contributed by atoms with van der Waals surface area (Å²) in [4.78, 5) is 8.46. The number of aryl methyl sites for hydroxylation is 1. The van der Waals surface area contributed by atoms with Crippen LogP contribution in [0.2, 0.25) is 0 Å². The number of hydrogen-bond donors (Lipinski definition) is 0. The van der Waals surface area contributed by atoms with Crippen molar-refractivity contribution in [2.45, 2.75) is 19.6 Å². The van der Waals surface area contributed by atoms with Crippen LogP contribution in [0.5, 0.6) is 0 Å². The highest BCUT2D eigenvalue weighted by molar-refractivity contribution is 5.55. The topological polar surface area (TPSA) is 69.2 Å². The van der Waals surface area contributed by atoms with Crippen molar-refractivity contribution in [1.82, 2.24) is 15.0 Å². The molecule has 3 aromatic rings. The van der Waals surface area contributed by atoms with Crippen molar-refractivity contribution in [2.24, 2.45) is 0 Å². The molecule has 0 saturated carbocycles. The predicted molar refractivity (Wildman–Crippen MR) is 108 cm³/mol. The Morgan fingerprint density at radius 3 is 2.42 bits per heavy atom. The molecule has 0 N–H and O–H groups in total. The van der Waals surface area contributed by atoms with Gasteiger partial charge < -0.3 is 9.42 Å². The van der Waals surface area contributed by atoms with Gasteiger partial charge in [0, 0.05) is 37.4 Å². The molecule has 0 bridgehead atoms. The number of aromatic nitrogens is 2. The van der Waals surface area contributed by atoms with Crippen molar-refractivity contribution in [2.75, 3.05) is 31.1 Å². The summed E-state index contributed by atoms with van der Waals surface area (Å²) >= 11 is 0. The highest BCUT2D eigenvalue weighted by Gasteiger charge is 2.34. The molecule has 2 aromatic carbocycles. The fourth-order valence-electron chi connectivity index (χ4n) is 3.56. The predicted octanol–water partition coefficient (Wildman–Crippen LogP) is 4.26. The third-order valence-corrected chi connectivity index (χ3v) is 5.30. The molecule has 0 radical (unpaired) electrons. The average Bonchev–Trinajstić information content (AvgIpc) is 3.22. The summed E-state index contributed by atoms with van der Waals surface area (Å²) in [6, 6.07) is 13.3. The molecule has 1 aliphatic heterocycles. The van der Waals surface area contributed by atoms with Gasteiger partial charge in [0.2, 0.25) is 11.7 Å². The molecule has 1 fully saturated rings. The minimum absolute atomic E-state index is 0.365. The van der Waals surface area contributed by atoms with E-state index in [1.807, 2.05) is 36.1 Å². The minimum atomic E-state index is -4.56. The van der Waals surface area contributed by atoms with Gasteiger partial charge in [0.1, 0.15) is 0 Å². The molecule has 0 unspecified atom stereocenters. The van der Waals surface area contributed by atoms with E-state index < -0.39 is 11.7 Å². The molecule has 160 valence electrons. The largest absolute Gasteiger partial charge is 0.417 e. The molecule has 1 aliphatic rings. The summed E-state index contributed by atoms with van der Waals surface area (Å²) in [6.07, 6.45) is -4.56. The van der Waals surface area contributed by atoms with Gasteiger partial charge in [-0.2, -0.15) is 23.4 Å². The van der Waals surface area contributed by atoms with Crippen molar-refractivity contribution < 1.29 is 17.7 Å². The van der Waals surface area contributed by atoms with E-state index >= 15 is 0 Å². The monoisotopic (exact) mass is 427 g/mol. The van der Waals surface area contributed by atoms with E-state index in [1.54, 1.807) is 12.1 Å². The number of hydrogen-bond acceptors (Lipinski definition) is 6. The molecule has 31 heavy (non-hydrogen) atoms. The lowest BCUT2D eigenvalue weighted by molar-refractivity contribution is -0.137. The number of nitrogens with zero attached hydrogens (tertiary/aromatic N) is 5. The van der Waals surface area contributed by atoms with Crippen LogP contribution in [-0.2, 0) is 12.7 Å². The van der Waals surface area contributed by atoms with Crippen LogP contribution < -0.4 is 4.90 Å². The van der Waals surface area contributed by atoms with Crippen LogP contribution in [0.15, 0.2) is 47.0 Å². The van der Waals surface area contributed by atoms with Crippen LogP contribution in [0.4, 0.5) is 18.9 Å². The fraction of sp³-hybridized carbons (Fsp3) is 0.318. The maximum Gasteiger partial charge on any atom is 0.417 e. The Kier molecular flexibility index (Phi) is 5.65. The van der Waals surface area contributed by atoms with Crippen LogP contribution in [-0.4, -0.2) is 41.2 Å². The first-order chi connectivity index (χ1) is 14.8. The second kappa shape index (κ2) is 8.40. The van der Waals surface area contributed by atoms with Crippen LogP contribution in [0.3, 0.4) is 0 Å². The number of halogens is 3. The van der Waals surface area contributed by atoms with Gasteiger partial charge in [-0.05, 0) is 25.1 Å². The highest BCUT2D eigenvalue weighted by atomic mass is 19.4. The summed E-state index contributed by atoms with van der Waals surface area (Å²) in [6.45, 7) is 4.89. The molecule has 6 nitrogen and oxygen atoms in total. The molecule has 2 heterocycles. The van der Waals surface area contributed by atoms with Crippen molar-refractivity contribution in [3.8, 4) is 17.5 Å². The lowest BCUT2D eigenvalue weighted by atomic mass is 10.1. The third-order valence-electron chi connectivity index (χ3n) is 5.30. The number of anilines is 1. The molecule has 4 rings (SSSR count). The first kappa shape index (κ1) is 20.9. The smallest absolute Gasteiger partial charge is 0.369 e. The van der Waals surface area contributed by atoms with Gasteiger partial charge >= 0.3 is 6.18 Å². The number of piperazine rings is 1. The van der Waals surface area contributed by atoms with Crippen LogP contribution in [0.25, 0.3) is 11.4 Å². The standard InChI is InChI=1S/C22H20F3N5O/c1-15-2-4-16(5-3-15)21-27-20(31-28-21)14-29-8-10-30(11-9-29)18-7-6-17(13-26)19(12-18)22(23,24)25/h2-7,12H,8-11,14H2,1H3. The van der Waals surface area contributed by atoms with E-state index in [-0.39, 0.29) is 5.56 Å². The van der Waals surface area contributed by atoms with E-state index in [1.165, 1.54) is 6.07 Å². The second-order valence-corrected chi connectivity index (χ2v) is 7.48. The molecule has 0 atom stereocenters. The van der Waals surface area contributed by atoms with E-state index in [9.17, 15) is 13.2 Å². The highest BCUT2D eigenvalue weighted by Crippen LogP contribution is 2.34. The van der Waals surface area contributed by atoms with Crippen LogP contribution >= 0.6 is 0 Å². The molecule has 1 aromatic heterocycles. The molecule has 1 saturated heterocycles. The van der Waals surface area contributed by atoms with Gasteiger partial charge in [-0.15, -0.1) is 0 Å². The van der Waals surface area contributed by atoms with E-state index in [0.717, 1.165) is 17.2 Å². The molecule has 9 heteroatoms. The van der Waals surface area contributed by atoms with Gasteiger partial charge in [-0.1, -0.05) is 35.0 Å². The van der Waals surface area contributed by atoms with Gasteiger partial charge in [0.15, 0.2) is 0 Å². The van der Waals surface area contributed by atoms with Crippen LogP contribution in [0, 0.1) is 18.3 Å². The van der Waals surface area contributed by atoms with Crippen molar-refractivity contribution in [3.63, 3.8) is 0 Å². The quantitative estimate of drug-likeness (QED) is 0.620. The maximum atomic E-state index is 13.2. The minimum Gasteiger partial charge on any atom is -0.369 e. The lowest BCUT2D eigenvalue weighted by Gasteiger charge is -2.35. The Bertz CT molecular complexity index is 1090. The number of nitriles is 1. The zero-order chi connectivity index (χ0) is 22.0. The number of rotatable bonds is 4. The number of benzene rings is 2. The van der Waals surface area contributed by atoms with Gasteiger partial charge in [-0.3, -0.25) is 4.90 Å². The van der Waals surface area contributed by atoms with Gasteiger partial charge in [0.25, 0.3) is 0 Å². The van der Waals surface area contributed by atoms with Crippen LogP contribution in [0.1, 0.15) is 22.6 Å². The summed E-state index contributed by atoms with van der Waals surface area (Å²) < 4.78 is 45.1. The maximum absolute atomic E-state index is 13.2. The van der Waals surface area contributed by atoms with Gasteiger partial charge in [-0.25, -0.2) is 0 Å². The van der Waals surface area contributed by atoms with E-state index in [4.69, 9.17) is 9.78 Å². The lowest BCUT2D eigenvalue weighted by Crippen LogP contribution is -2.46. The first-order valence-corrected chi connectivity index (χ1v) is 9.82. The van der Waals surface area contributed by atoms with Crippen molar-refractivity contribution >= 4 is 5.69 Å². The zero-order valence-corrected chi connectivity index (χ0v) is 16.9. The number of alkyl halides is 3. The van der Waals surface area contributed by atoms with E-state index in [0.29, 0.717) is 50.1 Å². The Morgan fingerprint density at radius 2 is 1.77 bits per heavy atom. The SMILES string of the molecule is Cc1ccc(-c2noc(CN3CCN(c4ccc(C#N)c(C(F)(F)F)c4)CC3)n2)cc1. The summed E-state index contributed by atoms with van der Waals surface area (Å²) in [7, 11) is 0. The molecular formula is C22H20F3N5O. The molecule has 0 spiro atoms. The fourth-order valence-corrected chi connectivity index (χ4v) is 3.56. The van der Waals surface area contributed by atoms with Crippen molar-refractivity contribution in [1.29, 1.82) is 5.26 Å². The Hall–Kier alpha value is -3.38. The van der Waals surface area contributed by atoms with Gasteiger partial charge in [0.05, 0.1) is 23.7 Å².